The van der Waals surface area contributed by atoms with Gasteiger partial charge < -0.3 is 15.2 Å². The molecule has 1 fully saturated rings. The van der Waals surface area contributed by atoms with Gasteiger partial charge in [-0.15, -0.1) is 0 Å². The van der Waals surface area contributed by atoms with Crippen LogP contribution in [0.4, 0.5) is 0 Å². The molecule has 0 aliphatic heterocycles. The minimum Gasteiger partial charge on any atom is -0.481 e. The lowest BCUT2D eigenvalue weighted by atomic mass is 9.95. The van der Waals surface area contributed by atoms with Gasteiger partial charge in [0, 0.05) is 7.11 Å². The van der Waals surface area contributed by atoms with Crippen LogP contribution in [0.2, 0.25) is 0 Å². The third kappa shape index (κ3) is 3.70. The first-order chi connectivity index (χ1) is 8.10. The van der Waals surface area contributed by atoms with Crippen LogP contribution in [0.5, 0.6) is 0 Å². The molecule has 0 heterocycles. The number of carboxylic acids is 1. The van der Waals surface area contributed by atoms with Gasteiger partial charge in [0.05, 0.1) is 24.5 Å². The average Bonchev–Trinajstić information content (AvgIpc) is 2.77. The summed E-state index contributed by atoms with van der Waals surface area (Å²) >= 11 is 0. The van der Waals surface area contributed by atoms with Crippen LogP contribution >= 0.6 is 0 Å². The molecule has 1 aliphatic carbocycles. The fourth-order valence-corrected chi connectivity index (χ4v) is 2.34. The molecular weight excluding hydrogens is 222 g/mol. The molecule has 1 unspecified atom stereocenters. The van der Waals surface area contributed by atoms with Crippen molar-refractivity contribution in [3.8, 4) is 0 Å². The van der Waals surface area contributed by atoms with Crippen LogP contribution in [0.1, 0.15) is 32.6 Å². The maximum absolute atomic E-state index is 12.0. The molecule has 0 saturated heterocycles. The molecule has 98 valence electrons. The summed E-state index contributed by atoms with van der Waals surface area (Å²) in [5, 5.41) is 11.9. The van der Waals surface area contributed by atoms with E-state index in [1.165, 1.54) is 0 Å². The summed E-state index contributed by atoms with van der Waals surface area (Å²) in [6.45, 7) is 2.43. The number of aliphatic carboxylic acids is 1. The number of hydrogen-bond acceptors (Lipinski definition) is 3. The summed E-state index contributed by atoms with van der Waals surface area (Å²) in [7, 11) is 1.59. The van der Waals surface area contributed by atoms with E-state index in [2.05, 4.69) is 5.32 Å². The molecule has 0 radical (unpaired) electrons. The van der Waals surface area contributed by atoms with E-state index in [4.69, 9.17) is 9.84 Å². The second kappa shape index (κ2) is 6.59. The fraction of sp³-hybridized carbons (Fsp3) is 0.833. The number of amides is 1. The lowest BCUT2D eigenvalue weighted by Crippen LogP contribution is -2.43. The minimum atomic E-state index is -0.859. The molecule has 5 nitrogen and oxygen atoms in total. The lowest BCUT2D eigenvalue weighted by Gasteiger charge is -2.20. The van der Waals surface area contributed by atoms with Crippen molar-refractivity contribution in [2.24, 2.45) is 11.8 Å². The molecule has 0 aromatic carbocycles. The van der Waals surface area contributed by atoms with Gasteiger partial charge in [0.2, 0.25) is 5.91 Å². The van der Waals surface area contributed by atoms with Crippen LogP contribution in [-0.2, 0) is 14.3 Å². The highest BCUT2D eigenvalue weighted by Crippen LogP contribution is 2.32. The van der Waals surface area contributed by atoms with Crippen molar-refractivity contribution in [3.05, 3.63) is 0 Å². The van der Waals surface area contributed by atoms with Gasteiger partial charge in [-0.25, -0.2) is 0 Å². The highest BCUT2D eigenvalue weighted by atomic mass is 16.5. The maximum Gasteiger partial charge on any atom is 0.307 e. The predicted octanol–water partition coefficient (Wildman–Crippen LogP) is 1.03. The van der Waals surface area contributed by atoms with Crippen LogP contribution in [-0.4, -0.2) is 36.7 Å². The molecule has 1 amide bonds. The van der Waals surface area contributed by atoms with Gasteiger partial charge in [-0.3, -0.25) is 9.59 Å². The monoisotopic (exact) mass is 243 g/mol. The topological polar surface area (TPSA) is 75.6 Å². The zero-order valence-corrected chi connectivity index (χ0v) is 10.4. The molecule has 5 heteroatoms. The van der Waals surface area contributed by atoms with Crippen LogP contribution in [0.3, 0.4) is 0 Å². The van der Waals surface area contributed by atoms with E-state index in [1.807, 2.05) is 6.92 Å². The summed E-state index contributed by atoms with van der Waals surface area (Å²) in [6.07, 6.45) is 2.88. The predicted molar refractivity (Wildman–Crippen MR) is 62.6 cm³/mol. The largest absolute Gasteiger partial charge is 0.481 e. The zero-order valence-electron chi connectivity index (χ0n) is 10.4. The smallest absolute Gasteiger partial charge is 0.307 e. The van der Waals surface area contributed by atoms with E-state index in [-0.39, 0.29) is 17.9 Å². The van der Waals surface area contributed by atoms with E-state index >= 15 is 0 Å². The molecular formula is C12H21NO4. The Morgan fingerprint density at radius 3 is 2.59 bits per heavy atom. The van der Waals surface area contributed by atoms with Crippen LogP contribution in [0.15, 0.2) is 0 Å². The number of rotatable bonds is 6. The normalized spacial score (nSPS) is 25.5. The highest BCUT2D eigenvalue weighted by molar-refractivity contribution is 5.85. The molecule has 1 rings (SSSR count). The van der Waals surface area contributed by atoms with E-state index in [1.54, 1.807) is 7.11 Å². The number of carboxylic acid groups (broad SMARTS) is 1. The lowest BCUT2D eigenvalue weighted by molar-refractivity contribution is -0.146. The van der Waals surface area contributed by atoms with E-state index in [9.17, 15) is 9.59 Å². The molecule has 2 N–H and O–H groups in total. The van der Waals surface area contributed by atoms with Crippen molar-refractivity contribution >= 4 is 11.9 Å². The standard InChI is InChI=1S/C12H21NO4/c1-3-8(7-17-2)13-11(14)9-5-4-6-10(9)12(15)16/h8-10H,3-7H2,1-2H3,(H,13,14)(H,15,16)/t8?,9-,10+/m1/s1. The Hall–Kier alpha value is -1.10. The second-order valence-corrected chi connectivity index (χ2v) is 4.55. The Kier molecular flexibility index (Phi) is 5.41. The van der Waals surface area contributed by atoms with Gasteiger partial charge in [-0.1, -0.05) is 13.3 Å². The minimum absolute atomic E-state index is 0.0254. The number of carbonyl (C=O) groups excluding carboxylic acids is 1. The van der Waals surface area contributed by atoms with Gasteiger partial charge in [-0.2, -0.15) is 0 Å². The van der Waals surface area contributed by atoms with E-state index in [0.717, 1.165) is 12.8 Å². The quantitative estimate of drug-likeness (QED) is 0.730. The second-order valence-electron chi connectivity index (χ2n) is 4.55. The summed E-state index contributed by atoms with van der Waals surface area (Å²) in [5.41, 5.74) is 0. The summed E-state index contributed by atoms with van der Waals surface area (Å²) in [5.74, 6) is -1.89. The Bertz CT molecular complexity index is 280. The SMILES string of the molecule is CCC(COC)NC(=O)[C@@H]1CCC[C@@H]1C(=O)O. The van der Waals surface area contributed by atoms with Crippen LogP contribution in [0.25, 0.3) is 0 Å². The molecule has 17 heavy (non-hydrogen) atoms. The molecule has 0 spiro atoms. The maximum atomic E-state index is 12.0. The Labute approximate surface area is 102 Å². The molecule has 0 bridgehead atoms. The first-order valence-electron chi connectivity index (χ1n) is 6.12. The van der Waals surface area contributed by atoms with E-state index < -0.39 is 11.9 Å². The van der Waals surface area contributed by atoms with Crippen molar-refractivity contribution in [2.45, 2.75) is 38.6 Å². The molecule has 1 saturated carbocycles. The Morgan fingerprint density at radius 1 is 1.41 bits per heavy atom. The number of hydrogen-bond donors (Lipinski definition) is 2. The van der Waals surface area contributed by atoms with Crippen molar-refractivity contribution < 1.29 is 19.4 Å². The van der Waals surface area contributed by atoms with Crippen molar-refractivity contribution in [2.75, 3.05) is 13.7 Å². The van der Waals surface area contributed by atoms with E-state index in [0.29, 0.717) is 19.4 Å². The average molecular weight is 243 g/mol. The molecule has 1 aliphatic rings. The summed E-state index contributed by atoms with van der Waals surface area (Å²) in [6, 6.07) is -0.0254. The highest BCUT2D eigenvalue weighted by Gasteiger charge is 2.38. The first kappa shape index (κ1) is 14.0. The van der Waals surface area contributed by atoms with Crippen molar-refractivity contribution in [1.82, 2.24) is 5.32 Å². The zero-order chi connectivity index (χ0) is 12.8. The number of ether oxygens (including phenoxy) is 1. The van der Waals surface area contributed by atoms with Crippen molar-refractivity contribution in [1.29, 1.82) is 0 Å². The molecule has 3 atom stereocenters. The number of carbonyl (C=O) groups is 2. The van der Waals surface area contributed by atoms with Crippen LogP contribution in [0, 0.1) is 11.8 Å². The number of nitrogens with one attached hydrogen (secondary N) is 1. The van der Waals surface area contributed by atoms with Gasteiger partial charge in [0.15, 0.2) is 0 Å². The molecule has 0 aromatic heterocycles. The Balaban J connectivity index is 2.54. The third-order valence-electron chi connectivity index (χ3n) is 3.38. The summed E-state index contributed by atoms with van der Waals surface area (Å²) < 4.78 is 5.00. The Morgan fingerprint density at radius 2 is 2.06 bits per heavy atom. The van der Waals surface area contributed by atoms with Gasteiger partial charge in [-0.05, 0) is 19.3 Å². The summed E-state index contributed by atoms with van der Waals surface area (Å²) in [4.78, 5) is 23.0. The fourth-order valence-electron chi connectivity index (χ4n) is 2.34. The van der Waals surface area contributed by atoms with Gasteiger partial charge in [0.25, 0.3) is 0 Å². The first-order valence-corrected chi connectivity index (χ1v) is 6.12. The van der Waals surface area contributed by atoms with Gasteiger partial charge in [0.1, 0.15) is 0 Å². The van der Waals surface area contributed by atoms with Gasteiger partial charge >= 0.3 is 5.97 Å². The van der Waals surface area contributed by atoms with Crippen molar-refractivity contribution in [3.63, 3.8) is 0 Å². The third-order valence-corrected chi connectivity index (χ3v) is 3.38. The number of methoxy groups -OCH3 is 1. The molecule has 0 aromatic rings. The van der Waals surface area contributed by atoms with Crippen LogP contribution < -0.4 is 5.32 Å².